The van der Waals surface area contributed by atoms with Crippen molar-refractivity contribution in [3.8, 4) is 11.5 Å². The van der Waals surface area contributed by atoms with E-state index in [1.54, 1.807) is 20.3 Å². The van der Waals surface area contributed by atoms with Crippen molar-refractivity contribution in [2.45, 2.75) is 13.5 Å². The van der Waals surface area contributed by atoms with Crippen LogP contribution >= 0.6 is 11.6 Å². The Morgan fingerprint density at radius 2 is 1.95 bits per heavy atom. The van der Waals surface area contributed by atoms with Crippen LogP contribution in [0.3, 0.4) is 0 Å². The molecule has 2 aromatic rings. The van der Waals surface area contributed by atoms with E-state index in [0.29, 0.717) is 17.3 Å². The molecule has 1 aromatic heterocycles. The number of aromatic nitrogens is 1. The van der Waals surface area contributed by atoms with Gasteiger partial charge in [0.1, 0.15) is 11.5 Å². The molecule has 0 saturated carbocycles. The van der Waals surface area contributed by atoms with E-state index >= 15 is 0 Å². The smallest absolute Gasteiger partial charge is 0.139 e. The lowest BCUT2D eigenvalue weighted by Crippen LogP contribution is -2.03. The van der Waals surface area contributed by atoms with Crippen LogP contribution in [0.25, 0.3) is 0 Å². The molecule has 1 N–H and O–H groups in total. The molecule has 0 amide bonds. The molecule has 0 atom stereocenters. The van der Waals surface area contributed by atoms with Gasteiger partial charge in [0.25, 0.3) is 0 Å². The van der Waals surface area contributed by atoms with Crippen molar-refractivity contribution in [1.82, 2.24) is 4.98 Å². The van der Waals surface area contributed by atoms with Gasteiger partial charge in [-0.25, -0.2) is 0 Å². The molecular weight excluding hydrogens is 276 g/mol. The van der Waals surface area contributed by atoms with Gasteiger partial charge in [-0.05, 0) is 19.1 Å². The average molecular weight is 293 g/mol. The third-order valence-corrected chi connectivity index (χ3v) is 3.15. The zero-order chi connectivity index (χ0) is 14.5. The van der Waals surface area contributed by atoms with E-state index in [-0.39, 0.29) is 0 Å². The molecule has 0 aliphatic rings. The third-order valence-electron chi connectivity index (χ3n) is 2.84. The van der Waals surface area contributed by atoms with Crippen LogP contribution in [0, 0.1) is 6.92 Å². The summed E-state index contributed by atoms with van der Waals surface area (Å²) in [6.07, 6.45) is 0. The lowest BCUT2D eigenvalue weighted by molar-refractivity contribution is 0.413. The van der Waals surface area contributed by atoms with E-state index in [1.165, 1.54) is 0 Å². The maximum atomic E-state index is 5.99. The summed E-state index contributed by atoms with van der Waals surface area (Å²) in [4.78, 5) is 4.46. The number of nitrogens with one attached hydrogen (secondary N) is 1. The second-order valence-corrected chi connectivity index (χ2v) is 4.75. The predicted molar refractivity (Wildman–Crippen MR) is 80.9 cm³/mol. The van der Waals surface area contributed by atoms with Crippen LogP contribution in [-0.4, -0.2) is 19.2 Å². The number of rotatable bonds is 5. The van der Waals surface area contributed by atoms with Gasteiger partial charge in [0.2, 0.25) is 0 Å². The molecule has 1 heterocycles. The van der Waals surface area contributed by atoms with E-state index in [4.69, 9.17) is 21.1 Å². The molecule has 0 radical (unpaired) electrons. The first-order valence-electron chi connectivity index (χ1n) is 6.21. The first kappa shape index (κ1) is 14.5. The summed E-state index contributed by atoms with van der Waals surface area (Å²) >= 11 is 5.99. The summed E-state index contributed by atoms with van der Waals surface area (Å²) in [6.45, 7) is 2.54. The van der Waals surface area contributed by atoms with Gasteiger partial charge in [0.15, 0.2) is 0 Å². The highest BCUT2D eigenvalue weighted by Gasteiger charge is 2.04. The standard InChI is InChI=1S/C15H17ClN2O2/c1-10-6-13(19-2)7-12(18-10)9-17-11-4-5-14(16)15(8-11)20-3/h4-8,17H,9H2,1-3H3. The Balaban J connectivity index is 2.10. The van der Waals surface area contributed by atoms with E-state index in [2.05, 4.69) is 10.3 Å². The lowest BCUT2D eigenvalue weighted by Gasteiger charge is -2.10. The second kappa shape index (κ2) is 6.48. The maximum absolute atomic E-state index is 5.99. The Labute approximate surface area is 123 Å². The highest BCUT2D eigenvalue weighted by Crippen LogP contribution is 2.27. The van der Waals surface area contributed by atoms with Crippen LogP contribution in [-0.2, 0) is 6.54 Å². The van der Waals surface area contributed by atoms with Crippen molar-refractivity contribution in [3.05, 3.63) is 46.7 Å². The number of nitrogens with zero attached hydrogens (tertiary/aromatic N) is 1. The van der Waals surface area contributed by atoms with Crippen molar-refractivity contribution in [2.24, 2.45) is 0 Å². The summed E-state index contributed by atoms with van der Waals surface area (Å²) in [5.41, 5.74) is 2.76. The number of ether oxygens (including phenoxy) is 2. The van der Waals surface area contributed by atoms with Gasteiger partial charge in [-0.3, -0.25) is 4.98 Å². The quantitative estimate of drug-likeness (QED) is 0.913. The molecule has 0 aliphatic heterocycles. The maximum Gasteiger partial charge on any atom is 0.139 e. The van der Waals surface area contributed by atoms with E-state index in [9.17, 15) is 0 Å². The Hall–Kier alpha value is -1.94. The number of halogens is 1. The molecule has 0 saturated heterocycles. The van der Waals surface area contributed by atoms with Crippen molar-refractivity contribution >= 4 is 17.3 Å². The monoisotopic (exact) mass is 292 g/mol. The molecule has 0 unspecified atom stereocenters. The van der Waals surface area contributed by atoms with Crippen LogP contribution in [0.1, 0.15) is 11.4 Å². The number of anilines is 1. The molecule has 0 aliphatic carbocycles. The van der Waals surface area contributed by atoms with Crippen molar-refractivity contribution in [3.63, 3.8) is 0 Å². The summed E-state index contributed by atoms with van der Waals surface area (Å²) in [5.74, 6) is 1.45. The molecule has 5 heteroatoms. The van der Waals surface area contributed by atoms with Crippen LogP contribution in [0.4, 0.5) is 5.69 Å². The Bertz CT molecular complexity index is 602. The average Bonchev–Trinajstić information content (AvgIpc) is 2.45. The number of pyridine rings is 1. The predicted octanol–water partition coefficient (Wildman–Crippen LogP) is 3.67. The van der Waals surface area contributed by atoms with Gasteiger partial charge in [0, 0.05) is 29.6 Å². The lowest BCUT2D eigenvalue weighted by atomic mass is 10.2. The van der Waals surface area contributed by atoms with Gasteiger partial charge >= 0.3 is 0 Å². The van der Waals surface area contributed by atoms with Crippen molar-refractivity contribution in [1.29, 1.82) is 0 Å². The van der Waals surface area contributed by atoms with E-state index in [0.717, 1.165) is 22.8 Å². The SMILES string of the molecule is COc1cc(C)nc(CNc2ccc(Cl)c(OC)c2)c1. The topological polar surface area (TPSA) is 43.4 Å². The number of hydrogen-bond acceptors (Lipinski definition) is 4. The molecule has 20 heavy (non-hydrogen) atoms. The third kappa shape index (κ3) is 3.54. The van der Waals surface area contributed by atoms with Gasteiger partial charge in [-0.1, -0.05) is 11.6 Å². The van der Waals surface area contributed by atoms with Crippen molar-refractivity contribution in [2.75, 3.05) is 19.5 Å². The number of aryl methyl sites for hydroxylation is 1. The Morgan fingerprint density at radius 3 is 2.65 bits per heavy atom. The van der Waals surface area contributed by atoms with Crippen molar-refractivity contribution < 1.29 is 9.47 Å². The van der Waals surface area contributed by atoms with E-state index in [1.807, 2.05) is 31.2 Å². The minimum Gasteiger partial charge on any atom is -0.497 e. The summed E-state index contributed by atoms with van der Waals surface area (Å²) < 4.78 is 10.4. The summed E-state index contributed by atoms with van der Waals surface area (Å²) in [7, 11) is 3.24. The molecule has 4 nitrogen and oxygen atoms in total. The highest BCUT2D eigenvalue weighted by molar-refractivity contribution is 6.32. The van der Waals surface area contributed by atoms with Gasteiger partial charge in [-0.15, -0.1) is 0 Å². The Kier molecular flexibility index (Phi) is 4.69. The molecule has 0 fully saturated rings. The first-order chi connectivity index (χ1) is 9.62. The molecule has 2 rings (SSSR count). The minimum atomic E-state index is 0.591. The van der Waals surface area contributed by atoms with Gasteiger partial charge in [0.05, 0.1) is 31.5 Å². The summed E-state index contributed by atoms with van der Waals surface area (Å²) in [5, 5.41) is 3.88. The van der Waals surface area contributed by atoms with Crippen LogP contribution in [0.5, 0.6) is 11.5 Å². The number of hydrogen-bond donors (Lipinski definition) is 1. The molecule has 106 valence electrons. The molecule has 1 aromatic carbocycles. The zero-order valence-corrected chi connectivity index (χ0v) is 12.5. The normalized spacial score (nSPS) is 10.2. The number of methoxy groups -OCH3 is 2. The number of benzene rings is 1. The first-order valence-corrected chi connectivity index (χ1v) is 6.59. The second-order valence-electron chi connectivity index (χ2n) is 4.34. The Morgan fingerprint density at radius 1 is 1.15 bits per heavy atom. The summed E-state index contributed by atoms with van der Waals surface area (Å²) in [6, 6.07) is 9.36. The minimum absolute atomic E-state index is 0.591. The van der Waals surface area contributed by atoms with Gasteiger partial charge in [-0.2, -0.15) is 0 Å². The molecule has 0 spiro atoms. The van der Waals surface area contributed by atoms with E-state index < -0.39 is 0 Å². The fourth-order valence-corrected chi connectivity index (χ4v) is 2.07. The van der Waals surface area contributed by atoms with Crippen LogP contribution in [0.2, 0.25) is 5.02 Å². The highest BCUT2D eigenvalue weighted by atomic mass is 35.5. The molecule has 0 bridgehead atoms. The fourth-order valence-electron chi connectivity index (χ4n) is 1.87. The van der Waals surface area contributed by atoms with Crippen LogP contribution in [0.15, 0.2) is 30.3 Å². The molecular formula is C15H17ClN2O2. The largest absolute Gasteiger partial charge is 0.497 e. The van der Waals surface area contributed by atoms with Crippen LogP contribution < -0.4 is 14.8 Å². The zero-order valence-electron chi connectivity index (χ0n) is 11.7. The fraction of sp³-hybridized carbons (Fsp3) is 0.267. The van der Waals surface area contributed by atoms with Gasteiger partial charge < -0.3 is 14.8 Å².